The minimum Gasteiger partial charge on any atom is -0.329 e. The van der Waals surface area contributed by atoms with Gasteiger partial charge in [-0.05, 0) is 42.8 Å². The number of rotatable bonds is 3. The molecule has 4 nitrogen and oxygen atoms in total. The summed E-state index contributed by atoms with van der Waals surface area (Å²) in [6.45, 7) is 2.06. The van der Waals surface area contributed by atoms with Crippen LogP contribution in [-0.2, 0) is 4.79 Å². The second-order valence-electron chi connectivity index (χ2n) is 4.42. The van der Waals surface area contributed by atoms with Gasteiger partial charge in [0.2, 0.25) is 6.41 Å². The van der Waals surface area contributed by atoms with Crippen LogP contribution in [0.1, 0.15) is 5.56 Å². The highest BCUT2D eigenvalue weighted by atomic mass is 16.1. The number of carbonyl (C=O) groups is 1. The molecular weight excluding hydrogens is 238 g/mol. The summed E-state index contributed by atoms with van der Waals surface area (Å²) < 4.78 is 2.03. The Bertz CT molecular complexity index is 746. The Hall–Kier alpha value is -2.62. The van der Waals surface area contributed by atoms with E-state index in [-0.39, 0.29) is 0 Å². The molecule has 4 heteroatoms. The first-order valence-electron chi connectivity index (χ1n) is 6.02. The SMILES string of the molecule is Cc1cccc(-n2cnc3cc(NC=O)ccc32)c1. The fourth-order valence-corrected chi connectivity index (χ4v) is 2.15. The van der Waals surface area contributed by atoms with Crippen molar-refractivity contribution in [2.75, 3.05) is 5.32 Å². The molecule has 1 N–H and O–H groups in total. The third-order valence-corrected chi connectivity index (χ3v) is 3.05. The van der Waals surface area contributed by atoms with Gasteiger partial charge in [-0.15, -0.1) is 0 Å². The molecule has 3 aromatic rings. The third kappa shape index (κ3) is 2.08. The van der Waals surface area contributed by atoms with Crippen molar-refractivity contribution in [3.05, 3.63) is 54.4 Å². The molecule has 3 rings (SSSR count). The molecular formula is C15H13N3O. The fourth-order valence-electron chi connectivity index (χ4n) is 2.15. The molecule has 1 heterocycles. The van der Waals surface area contributed by atoms with Crippen LogP contribution in [0.15, 0.2) is 48.8 Å². The lowest BCUT2D eigenvalue weighted by atomic mass is 10.2. The summed E-state index contributed by atoms with van der Waals surface area (Å²) in [7, 11) is 0. The molecule has 0 saturated heterocycles. The number of anilines is 1. The van der Waals surface area contributed by atoms with Gasteiger partial charge in [0.1, 0.15) is 6.33 Å². The number of carbonyl (C=O) groups excluding carboxylic acids is 1. The van der Waals surface area contributed by atoms with E-state index in [1.165, 1.54) is 5.56 Å². The first-order valence-corrected chi connectivity index (χ1v) is 6.02. The molecule has 94 valence electrons. The van der Waals surface area contributed by atoms with Crippen LogP contribution in [0.2, 0.25) is 0 Å². The molecule has 2 aromatic carbocycles. The summed E-state index contributed by atoms with van der Waals surface area (Å²) in [5.41, 5.74) is 4.91. The maximum Gasteiger partial charge on any atom is 0.211 e. The number of amides is 1. The van der Waals surface area contributed by atoms with Crippen molar-refractivity contribution in [2.45, 2.75) is 6.92 Å². The molecule has 19 heavy (non-hydrogen) atoms. The minimum atomic E-state index is 0.665. The van der Waals surface area contributed by atoms with Gasteiger partial charge in [0.05, 0.1) is 11.0 Å². The zero-order valence-corrected chi connectivity index (χ0v) is 10.5. The number of imidazole rings is 1. The number of aryl methyl sites for hydroxylation is 1. The van der Waals surface area contributed by atoms with Crippen molar-refractivity contribution in [1.82, 2.24) is 9.55 Å². The molecule has 1 aromatic heterocycles. The number of nitrogens with one attached hydrogen (secondary N) is 1. The van der Waals surface area contributed by atoms with E-state index in [1.54, 1.807) is 6.33 Å². The van der Waals surface area contributed by atoms with Gasteiger partial charge in [0.15, 0.2) is 0 Å². The second-order valence-corrected chi connectivity index (χ2v) is 4.42. The summed E-state index contributed by atoms with van der Waals surface area (Å²) in [5.74, 6) is 0. The predicted octanol–water partition coefficient (Wildman–Crippen LogP) is 2.90. The van der Waals surface area contributed by atoms with Crippen LogP contribution in [0.3, 0.4) is 0 Å². The Labute approximate surface area is 110 Å². The Morgan fingerprint density at radius 3 is 2.89 bits per heavy atom. The Morgan fingerprint density at radius 2 is 2.11 bits per heavy atom. The van der Waals surface area contributed by atoms with Crippen molar-refractivity contribution in [3.8, 4) is 5.69 Å². The monoisotopic (exact) mass is 251 g/mol. The highest BCUT2D eigenvalue weighted by Gasteiger charge is 2.05. The molecule has 0 bridgehead atoms. The number of hydrogen-bond donors (Lipinski definition) is 1. The van der Waals surface area contributed by atoms with E-state index in [2.05, 4.69) is 29.4 Å². The predicted molar refractivity (Wildman–Crippen MR) is 75.5 cm³/mol. The average Bonchev–Trinajstić information content (AvgIpc) is 2.82. The van der Waals surface area contributed by atoms with Crippen molar-refractivity contribution in [3.63, 3.8) is 0 Å². The molecule has 0 fully saturated rings. The summed E-state index contributed by atoms with van der Waals surface area (Å²) in [6.07, 6.45) is 2.46. The first kappa shape index (κ1) is 11.5. The van der Waals surface area contributed by atoms with Gasteiger partial charge < -0.3 is 5.32 Å². The van der Waals surface area contributed by atoms with Gasteiger partial charge in [-0.2, -0.15) is 0 Å². The van der Waals surface area contributed by atoms with Crippen LogP contribution in [0.25, 0.3) is 16.7 Å². The average molecular weight is 251 g/mol. The van der Waals surface area contributed by atoms with Crippen molar-refractivity contribution < 1.29 is 4.79 Å². The van der Waals surface area contributed by atoms with Crippen molar-refractivity contribution in [2.24, 2.45) is 0 Å². The number of nitrogens with zero attached hydrogens (tertiary/aromatic N) is 2. The second kappa shape index (κ2) is 4.57. The maximum atomic E-state index is 10.4. The van der Waals surface area contributed by atoms with E-state index in [0.717, 1.165) is 22.4 Å². The number of benzene rings is 2. The van der Waals surface area contributed by atoms with Gasteiger partial charge in [0.25, 0.3) is 0 Å². The lowest BCUT2D eigenvalue weighted by Gasteiger charge is -2.05. The summed E-state index contributed by atoms with van der Waals surface area (Å²) >= 11 is 0. The Kier molecular flexibility index (Phi) is 2.76. The lowest BCUT2D eigenvalue weighted by molar-refractivity contribution is -0.105. The van der Waals surface area contributed by atoms with Crippen LogP contribution in [0.4, 0.5) is 5.69 Å². The van der Waals surface area contributed by atoms with E-state index in [4.69, 9.17) is 0 Å². The number of aromatic nitrogens is 2. The van der Waals surface area contributed by atoms with E-state index < -0.39 is 0 Å². The van der Waals surface area contributed by atoms with Crippen molar-refractivity contribution >= 4 is 23.1 Å². The number of hydrogen-bond acceptors (Lipinski definition) is 2. The summed E-state index contributed by atoms with van der Waals surface area (Å²) in [6, 6.07) is 13.9. The minimum absolute atomic E-state index is 0.665. The largest absolute Gasteiger partial charge is 0.329 e. The zero-order valence-electron chi connectivity index (χ0n) is 10.5. The van der Waals surface area contributed by atoms with Crippen molar-refractivity contribution in [1.29, 1.82) is 0 Å². The van der Waals surface area contributed by atoms with Crippen LogP contribution in [-0.4, -0.2) is 16.0 Å². The highest BCUT2D eigenvalue weighted by Crippen LogP contribution is 2.21. The van der Waals surface area contributed by atoms with E-state index >= 15 is 0 Å². The topological polar surface area (TPSA) is 46.9 Å². The Morgan fingerprint density at radius 1 is 1.21 bits per heavy atom. The van der Waals surface area contributed by atoms with Gasteiger partial charge in [-0.3, -0.25) is 9.36 Å². The quantitative estimate of drug-likeness (QED) is 0.727. The molecule has 0 aliphatic heterocycles. The molecule has 0 unspecified atom stereocenters. The van der Waals surface area contributed by atoms with Crippen LogP contribution < -0.4 is 5.32 Å². The molecule has 0 atom stereocenters. The molecule has 0 aliphatic rings. The summed E-state index contributed by atoms with van der Waals surface area (Å²) in [5, 5.41) is 2.63. The van der Waals surface area contributed by atoms with Gasteiger partial charge in [-0.25, -0.2) is 4.98 Å². The lowest BCUT2D eigenvalue weighted by Crippen LogP contribution is -1.94. The maximum absolute atomic E-state index is 10.4. The highest BCUT2D eigenvalue weighted by molar-refractivity contribution is 5.84. The van der Waals surface area contributed by atoms with E-state index in [0.29, 0.717) is 6.41 Å². The first-order chi connectivity index (χ1) is 9.28. The molecule has 0 saturated carbocycles. The molecule has 0 radical (unpaired) electrons. The van der Waals surface area contributed by atoms with Gasteiger partial charge in [-0.1, -0.05) is 12.1 Å². The Balaban J connectivity index is 2.13. The zero-order chi connectivity index (χ0) is 13.2. The standard InChI is InChI=1S/C15H13N3O/c1-11-3-2-4-13(7-11)18-9-16-14-8-12(17-10-19)5-6-15(14)18/h2-10H,1H3,(H,17,19). The fraction of sp³-hybridized carbons (Fsp3) is 0.0667. The summed E-state index contributed by atoms with van der Waals surface area (Å²) in [4.78, 5) is 14.8. The molecule has 1 amide bonds. The third-order valence-electron chi connectivity index (χ3n) is 3.05. The smallest absolute Gasteiger partial charge is 0.211 e. The van der Waals surface area contributed by atoms with Crippen LogP contribution in [0.5, 0.6) is 0 Å². The van der Waals surface area contributed by atoms with Crippen LogP contribution >= 0.6 is 0 Å². The van der Waals surface area contributed by atoms with Crippen LogP contribution in [0, 0.1) is 6.92 Å². The molecule has 0 aliphatic carbocycles. The molecule has 0 spiro atoms. The normalized spacial score (nSPS) is 10.6. The van der Waals surface area contributed by atoms with E-state index in [9.17, 15) is 4.79 Å². The number of fused-ring (bicyclic) bond motifs is 1. The van der Waals surface area contributed by atoms with E-state index in [1.807, 2.05) is 34.9 Å². The van der Waals surface area contributed by atoms with Gasteiger partial charge in [0, 0.05) is 11.4 Å². The van der Waals surface area contributed by atoms with Gasteiger partial charge >= 0.3 is 0 Å².